The van der Waals surface area contributed by atoms with Gasteiger partial charge >= 0.3 is 0 Å². The van der Waals surface area contributed by atoms with Crippen LogP contribution in [-0.4, -0.2) is 48.2 Å². The number of pyridine rings is 1. The van der Waals surface area contributed by atoms with Gasteiger partial charge in [-0.3, -0.25) is 0 Å². The van der Waals surface area contributed by atoms with Gasteiger partial charge in [-0.15, -0.1) is 4.99 Å². The number of aromatic nitrogens is 1. The summed E-state index contributed by atoms with van der Waals surface area (Å²) in [6.45, 7) is 0.537. The molecule has 0 bridgehead atoms. The van der Waals surface area contributed by atoms with Gasteiger partial charge in [0.25, 0.3) is 0 Å². The summed E-state index contributed by atoms with van der Waals surface area (Å²) in [5.74, 6) is 0.339. The second-order valence-electron chi connectivity index (χ2n) is 4.07. The molecule has 0 fully saturated rings. The van der Waals surface area contributed by atoms with Crippen molar-refractivity contribution < 1.29 is 0 Å². The van der Waals surface area contributed by atoms with Gasteiger partial charge in [0.15, 0.2) is 0 Å². The molecule has 1 rings (SSSR count). The molecule has 19 heavy (non-hydrogen) atoms. The van der Waals surface area contributed by atoms with E-state index >= 15 is 0 Å². The highest BCUT2D eigenvalue weighted by molar-refractivity contribution is 6.29. The van der Waals surface area contributed by atoms with Crippen molar-refractivity contribution in [1.82, 2.24) is 14.8 Å². The Hall–Kier alpha value is -2.13. The third kappa shape index (κ3) is 5.36. The summed E-state index contributed by atoms with van der Waals surface area (Å²) in [6.07, 6.45) is 5.01. The number of halogens is 1. The molecule has 0 spiro atoms. The van der Waals surface area contributed by atoms with E-state index in [1.807, 2.05) is 20.2 Å². The largest absolute Gasteiger partial charge is 0.369 e. The maximum Gasteiger partial charge on any atom is 0.237 e. The van der Waals surface area contributed by atoms with Crippen molar-refractivity contribution in [3.63, 3.8) is 0 Å². The van der Waals surface area contributed by atoms with E-state index in [0.29, 0.717) is 17.7 Å². The number of aliphatic imine (C=N–C) groups is 2. The second-order valence-corrected chi connectivity index (χ2v) is 4.45. The van der Waals surface area contributed by atoms with E-state index in [1.165, 1.54) is 0 Å². The van der Waals surface area contributed by atoms with Crippen molar-refractivity contribution in [2.24, 2.45) is 9.98 Å². The Morgan fingerprint density at radius 1 is 1.47 bits per heavy atom. The third-order valence-electron chi connectivity index (χ3n) is 2.10. The van der Waals surface area contributed by atoms with Crippen LogP contribution in [0.3, 0.4) is 0 Å². The molecule has 1 heterocycles. The summed E-state index contributed by atoms with van der Waals surface area (Å²) < 4.78 is 0. The quantitative estimate of drug-likeness (QED) is 0.364. The van der Waals surface area contributed by atoms with Crippen LogP contribution in [0.2, 0.25) is 5.15 Å². The van der Waals surface area contributed by atoms with E-state index in [4.69, 9.17) is 16.9 Å². The molecular formula is C12H15ClN6. The Morgan fingerprint density at radius 2 is 2.21 bits per heavy atom. The molecule has 6 nitrogen and oxygen atoms in total. The number of guanidine groups is 1. The minimum Gasteiger partial charge on any atom is -0.369 e. The van der Waals surface area contributed by atoms with Gasteiger partial charge in [-0.25, -0.2) is 9.98 Å². The molecule has 0 unspecified atom stereocenters. The zero-order valence-corrected chi connectivity index (χ0v) is 11.8. The summed E-state index contributed by atoms with van der Waals surface area (Å²) in [5, 5.41) is 9.12. The molecule has 1 aromatic rings. The van der Waals surface area contributed by atoms with Gasteiger partial charge in [0.1, 0.15) is 5.15 Å². The second kappa shape index (κ2) is 7.34. The first-order chi connectivity index (χ1) is 9.02. The zero-order valence-electron chi connectivity index (χ0n) is 11.1. The lowest BCUT2D eigenvalue weighted by molar-refractivity contribution is 0.493. The van der Waals surface area contributed by atoms with Crippen LogP contribution >= 0.6 is 11.6 Å². The van der Waals surface area contributed by atoms with E-state index in [-0.39, 0.29) is 0 Å². The Labute approximate surface area is 117 Å². The van der Waals surface area contributed by atoms with Crippen molar-refractivity contribution >= 4 is 23.9 Å². The van der Waals surface area contributed by atoms with E-state index in [2.05, 4.69) is 15.0 Å². The topological polar surface area (TPSA) is 67.9 Å². The molecule has 0 saturated heterocycles. The Morgan fingerprint density at radius 3 is 2.74 bits per heavy atom. The highest BCUT2D eigenvalue weighted by atomic mass is 35.5. The van der Waals surface area contributed by atoms with E-state index < -0.39 is 0 Å². The summed E-state index contributed by atoms with van der Waals surface area (Å²) in [5.41, 5.74) is 0.956. The van der Waals surface area contributed by atoms with Crippen LogP contribution in [0.15, 0.2) is 28.3 Å². The SMILES string of the molecule is CN(C)C=NC(=NC#N)N(C)Cc1ccc(Cl)nc1. The fraction of sp³-hybridized carbons (Fsp3) is 0.333. The van der Waals surface area contributed by atoms with Crippen LogP contribution in [0.5, 0.6) is 0 Å². The number of rotatable bonds is 3. The van der Waals surface area contributed by atoms with Gasteiger partial charge in [-0.2, -0.15) is 5.26 Å². The first-order valence-electron chi connectivity index (χ1n) is 5.52. The van der Waals surface area contributed by atoms with Crippen molar-refractivity contribution in [3.8, 4) is 6.19 Å². The maximum atomic E-state index is 8.67. The van der Waals surface area contributed by atoms with Crippen molar-refractivity contribution in [1.29, 1.82) is 5.26 Å². The van der Waals surface area contributed by atoms with Gasteiger partial charge in [-0.05, 0) is 11.6 Å². The average Bonchev–Trinajstić information content (AvgIpc) is 2.37. The summed E-state index contributed by atoms with van der Waals surface area (Å²) in [4.78, 5) is 15.3. The van der Waals surface area contributed by atoms with Crippen molar-refractivity contribution in [2.45, 2.75) is 6.54 Å². The molecule has 0 aliphatic heterocycles. The predicted octanol–water partition coefficient (Wildman–Crippen LogP) is 1.59. The molecule has 0 aliphatic carbocycles. The molecule has 0 aromatic carbocycles. The third-order valence-corrected chi connectivity index (χ3v) is 2.33. The van der Waals surface area contributed by atoms with Gasteiger partial charge in [0.2, 0.25) is 12.2 Å². The van der Waals surface area contributed by atoms with E-state index in [1.54, 1.807) is 41.6 Å². The monoisotopic (exact) mass is 278 g/mol. The Kier molecular flexibility index (Phi) is 5.76. The minimum absolute atomic E-state index is 0.339. The first-order valence-corrected chi connectivity index (χ1v) is 5.89. The molecular weight excluding hydrogens is 264 g/mol. The van der Waals surface area contributed by atoms with Crippen LogP contribution in [0, 0.1) is 11.5 Å². The molecule has 1 aromatic heterocycles. The molecule has 0 radical (unpaired) electrons. The maximum absolute atomic E-state index is 8.67. The highest BCUT2D eigenvalue weighted by Crippen LogP contribution is 2.07. The number of nitriles is 1. The van der Waals surface area contributed by atoms with Gasteiger partial charge in [0, 0.05) is 33.9 Å². The zero-order chi connectivity index (χ0) is 14.3. The minimum atomic E-state index is 0.339. The predicted molar refractivity (Wildman–Crippen MR) is 75.9 cm³/mol. The molecule has 0 N–H and O–H groups in total. The number of hydrogen-bond acceptors (Lipinski definition) is 3. The lowest BCUT2D eigenvalue weighted by Crippen LogP contribution is -2.25. The summed E-state index contributed by atoms with van der Waals surface area (Å²) in [7, 11) is 5.49. The average molecular weight is 279 g/mol. The molecule has 100 valence electrons. The number of nitrogens with zero attached hydrogens (tertiary/aromatic N) is 6. The van der Waals surface area contributed by atoms with Crippen LogP contribution in [0.25, 0.3) is 0 Å². The van der Waals surface area contributed by atoms with Crippen LogP contribution in [0.1, 0.15) is 5.56 Å². The highest BCUT2D eigenvalue weighted by Gasteiger charge is 2.06. The standard InChI is InChI=1S/C12H15ClN6/c1-18(2)9-17-12(16-8-14)19(3)7-10-4-5-11(13)15-6-10/h4-6,9H,7H2,1-3H3. The van der Waals surface area contributed by atoms with Crippen LogP contribution in [0.4, 0.5) is 0 Å². The van der Waals surface area contributed by atoms with Crippen LogP contribution in [-0.2, 0) is 6.54 Å². The smallest absolute Gasteiger partial charge is 0.237 e. The van der Waals surface area contributed by atoms with Crippen molar-refractivity contribution in [2.75, 3.05) is 21.1 Å². The fourth-order valence-electron chi connectivity index (χ4n) is 1.27. The lowest BCUT2D eigenvalue weighted by atomic mass is 10.3. The van der Waals surface area contributed by atoms with Gasteiger partial charge in [0.05, 0.1) is 6.34 Å². The number of hydrogen-bond donors (Lipinski definition) is 0. The van der Waals surface area contributed by atoms with E-state index in [0.717, 1.165) is 5.56 Å². The first kappa shape index (κ1) is 14.9. The van der Waals surface area contributed by atoms with Crippen molar-refractivity contribution in [3.05, 3.63) is 29.0 Å². The van der Waals surface area contributed by atoms with Gasteiger partial charge < -0.3 is 9.80 Å². The molecule has 7 heteroatoms. The van der Waals surface area contributed by atoms with Crippen LogP contribution < -0.4 is 0 Å². The Bertz CT molecular complexity index is 500. The van der Waals surface area contributed by atoms with E-state index in [9.17, 15) is 0 Å². The summed E-state index contributed by atoms with van der Waals surface area (Å²) in [6, 6.07) is 3.58. The normalized spacial score (nSPS) is 11.4. The molecule has 0 saturated carbocycles. The summed E-state index contributed by atoms with van der Waals surface area (Å²) >= 11 is 5.72. The lowest BCUT2D eigenvalue weighted by Gasteiger charge is -2.17. The molecule has 0 amide bonds. The molecule has 0 aliphatic rings. The Balaban J connectivity index is 2.78. The van der Waals surface area contributed by atoms with Gasteiger partial charge in [-0.1, -0.05) is 17.7 Å². The fourth-order valence-corrected chi connectivity index (χ4v) is 1.38. The molecule has 0 atom stereocenters.